The van der Waals surface area contributed by atoms with Crippen LogP contribution in [0, 0.1) is 11.7 Å². The van der Waals surface area contributed by atoms with Gasteiger partial charge in [0, 0.05) is 12.0 Å². The van der Waals surface area contributed by atoms with Gasteiger partial charge >= 0.3 is 0 Å². The second kappa shape index (κ2) is 5.29. The summed E-state index contributed by atoms with van der Waals surface area (Å²) in [5, 5.41) is 2.92. The van der Waals surface area contributed by atoms with E-state index in [0.717, 1.165) is 18.4 Å². The van der Waals surface area contributed by atoms with Gasteiger partial charge in [0.05, 0.1) is 6.04 Å². The predicted molar refractivity (Wildman–Crippen MR) is 73.1 cm³/mol. The molecule has 3 nitrogen and oxygen atoms in total. The van der Waals surface area contributed by atoms with Gasteiger partial charge in [-0.3, -0.25) is 4.79 Å². The van der Waals surface area contributed by atoms with Crippen LogP contribution in [-0.4, -0.2) is 18.5 Å². The fourth-order valence-corrected chi connectivity index (χ4v) is 2.20. The first-order chi connectivity index (χ1) is 8.94. The zero-order valence-electron chi connectivity index (χ0n) is 11.4. The molecule has 19 heavy (non-hydrogen) atoms. The molecule has 1 amide bonds. The number of hydrogen-bond donors (Lipinski definition) is 2. The van der Waals surface area contributed by atoms with Crippen LogP contribution in [-0.2, 0) is 10.2 Å². The van der Waals surface area contributed by atoms with Crippen molar-refractivity contribution in [1.82, 2.24) is 5.32 Å². The quantitative estimate of drug-likeness (QED) is 0.854. The molecule has 1 aliphatic rings. The van der Waals surface area contributed by atoms with Crippen molar-refractivity contribution in [2.24, 2.45) is 11.7 Å². The number of nitrogens with two attached hydrogens (primary N) is 1. The van der Waals surface area contributed by atoms with E-state index in [4.69, 9.17) is 5.73 Å². The molecule has 0 saturated heterocycles. The molecule has 1 saturated carbocycles. The summed E-state index contributed by atoms with van der Waals surface area (Å²) in [5.74, 6) is -0.213. The summed E-state index contributed by atoms with van der Waals surface area (Å²) in [6.07, 6.45) is 2.05. The van der Waals surface area contributed by atoms with Gasteiger partial charge in [-0.25, -0.2) is 4.39 Å². The maximum atomic E-state index is 12.9. The van der Waals surface area contributed by atoms with Crippen LogP contribution in [0.25, 0.3) is 0 Å². The maximum Gasteiger partial charge on any atom is 0.237 e. The average molecular weight is 264 g/mol. The number of hydrogen-bond acceptors (Lipinski definition) is 2. The minimum Gasteiger partial charge on any atom is -0.354 e. The van der Waals surface area contributed by atoms with Gasteiger partial charge in [0.25, 0.3) is 0 Å². The van der Waals surface area contributed by atoms with Crippen LogP contribution < -0.4 is 11.1 Å². The summed E-state index contributed by atoms with van der Waals surface area (Å²) in [5.41, 5.74) is 6.88. The van der Waals surface area contributed by atoms with Gasteiger partial charge < -0.3 is 11.1 Å². The van der Waals surface area contributed by atoms with E-state index in [2.05, 4.69) is 5.32 Å². The van der Waals surface area contributed by atoms with Gasteiger partial charge in [-0.05, 0) is 36.5 Å². The van der Waals surface area contributed by atoms with E-state index in [0.29, 0.717) is 6.54 Å². The van der Waals surface area contributed by atoms with Gasteiger partial charge in [0.2, 0.25) is 5.91 Å². The lowest BCUT2D eigenvalue weighted by Crippen LogP contribution is -2.46. The monoisotopic (exact) mass is 264 g/mol. The Morgan fingerprint density at radius 2 is 1.95 bits per heavy atom. The summed E-state index contributed by atoms with van der Waals surface area (Å²) < 4.78 is 12.9. The first-order valence-corrected chi connectivity index (χ1v) is 6.74. The van der Waals surface area contributed by atoms with Crippen molar-refractivity contribution in [1.29, 1.82) is 0 Å². The van der Waals surface area contributed by atoms with Gasteiger partial charge in [0.1, 0.15) is 5.82 Å². The van der Waals surface area contributed by atoms with Crippen LogP contribution in [0.4, 0.5) is 4.39 Å². The lowest BCUT2D eigenvalue weighted by atomic mass is 9.95. The predicted octanol–water partition coefficient (Wildman–Crippen LogP) is 1.96. The van der Waals surface area contributed by atoms with E-state index in [1.807, 2.05) is 13.8 Å². The highest BCUT2D eigenvalue weighted by Crippen LogP contribution is 2.47. The molecule has 0 heterocycles. The van der Waals surface area contributed by atoms with Crippen molar-refractivity contribution < 1.29 is 9.18 Å². The van der Waals surface area contributed by atoms with Crippen LogP contribution in [0.1, 0.15) is 32.3 Å². The topological polar surface area (TPSA) is 55.1 Å². The molecule has 1 fully saturated rings. The van der Waals surface area contributed by atoms with Crippen LogP contribution in [0.15, 0.2) is 24.3 Å². The van der Waals surface area contributed by atoms with Crippen molar-refractivity contribution in [2.75, 3.05) is 6.54 Å². The van der Waals surface area contributed by atoms with Crippen molar-refractivity contribution in [3.8, 4) is 0 Å². The molecule has 0 bridgehead atoms. The average Bonchev–Trinajstić information content (AvgIpc) is 3.17. The summed E-state index contributed by atoms with van der Waals surface area (Å²) in [6.45, 7) is 4.44. The lowest BCUT2D eigenvalue weighted by Gasteiger charge is -2.20. The van der Waals surface area contributed by atoms with Crippen molar-refractivity contribution in [2.45, 2.75) is 38.1 Å². The third-order valence-electron chi connectivity index (χ3n) is 3.93. The number of amides is 1. The minimum atomic E-state index is -0.469. The molecule has 1 aliphatic carbocycles. The van der Waals surface area contributed by atoms with E-state index in [9.17, 15) is 9.18 Å². The molecule has 1 aromatic rings. The molecule has 0 aromatic heterocycles. The number of nitrogens with one attached hydrogen (secondary N) is 1. The number of benzene rings is 1. The highest BCUT2D eigenvalue weighted by molar-refractivity contribution is 5.81. The molecular weight excluding hydrogens is 243 g/mol. The van der Waals surface area contributed by atoms with E-state index in [1.165, 1.54) is 12.1 Å². The first-order valence-electron chi connectivity index (χ1n) is 6.74. The number of carbonyl (C=O) groups excluding carboxylic acids is 1. The molecule has 4 heteroatoms. The second-order valence-electron chi connectivity index (χ2n) is 5.77. The van der Waals surface area contributed by atoms with E-state index in [-0.39, 0.29) is 23.1 Å². The third kappa shape index (κ3) is 3.13. The SMILES string of the molecule is CC(C)[C@H](N)C(=O)NCC1(c2ccc(F)cc2)CC1. The van der Waals surface area contributed by atoms with Gasteiger partial charge in [0.15, 0.2) is 0 Å². The van der Waals surface area contributed by atoms with Crippen molar-refractivity contribution in [3.63, 3.8) is 0 Å². The number of carbonyl (C=O) groups is 1. The molecule has 3 N–H and O–H groups in total. The standard InChI is InChI=1S/C15H21FN2O/c1-10(2)13(17)14(19)18-9-15(7-8-15)11-3-5-12(16)6-4-11/h3-6,10,13H,7-9,17H2,1-2H3,(H,18,19)/t13-/m0/s1. The van der Waals surface area contributed by atoms with Crippen molar-refractivity contribution >= 4 is 5.91 Å². The Kier molecular flexibility index (Phi) is 3.90. The molecule has 104 valence electrons. The maximum absolute atomic E-state index is 12.9. The Balaban J connectivity index is 1.96. The normalized spacial score (nSPS) is 18.2. The molecule has 1 aromatic carbocycles. The molecular formula is C15H21FN2O. The first kappa shape index (κ1) is 14.0. The molecule has 1 atom stereocenters. The second-order valence-corrected chi connectivity index (χ2v) is 5.77. The zero-order valence-corrected chi connectivity index (χ0v) is 11.4. The van der Waals surface area contributed by atoms with Gasteiger partial charge in [-0.1, -0.05) is 26.0 Å². The lowest BCUT2D eigenvalue weighted by molar-refractivity contribution is -0.123. The molecule has 0 radical (unpaired) electrons. The highest BCUT2D eigenvalue weighted by atomic mass is 19.1. The summed E-state index contributed by atoms with van der Waals surface area (Å²) >= 11 is 0. The Hall–Kier alpha value is -1.42. The smallest absolute Gasteiger partial charge is 0.237 e. The molecule has 0 spiro atoms. The Labute approximate surface area is 113 Å². The van der Waals surface area contributed by atoms with Gasteiger partial charge in [-0.15, -0.1) is 0 Å². The highest BCUT2D eigenvalue weighted by Gasteiger charge is 2.44. The van der Waals surface area contributed by atoms with Crippen LogP contribution in [0.5, 0.6) is 0 Å². The van der Waals surface area contributed by atoms with E-state index >= 15 is 0 Å². The fourth-order valence-electron chi connectivity index (χ4n) is 2.20. The Bertz CT molecular complexity index is 452. The third-order valence-corrected chi connectivity index (χ3v) is 3.93. The number of halogens is 1. The van der Waals surface area contributed by atoms with E-state index in [1.54, 1.807) is 12.1 Å². The van der Waals surface area contributed by atoms with E-state index < -0.39 is 6.04 Å². The summed E-state index contributed by atoms with van der Waals surface area (Å²) in [6, 6.07) is 6.08. The summed E-state index contributed by atoms with van der Waals surface area (Å²) in [7, 11) is 0. The molecule has 0 unspecified atom stereocenters. The van der Waals surface area contributed by atoms with Gasteiger partial charge in [-0.2, -0.15) is 0 Å². The van der Waals surface area contributed by atoms with Crippen LogP contribution in [0.2, 0.25) is 0 Å². The Morgan fingerprint density at radius 3 is 2.42 bits per heavy atom. The summed E-state index contributed by atoms with van der Waals surface area (Å²) in [4.78, 5) is 11.8. The molecule has 2 rings (SSSR count). The van der Waals surface area contributed by atoms with Crippen LogP contribution >= 0.6 is 0 Å². The van der Waals surface area contributed by atoms with Crippen molar-refractivity contribution in [3.05, 3.63) is 35.6 Å². The molecule has 0 aliphatic heterocycles. The largest absolute Gasteiger partial charge is 0.354 e. The fraction of sp³-hybridized carbons (Fsp3) is 0.533. The van der Waals surface area contributed by atoms with Crippen LogP contribution in [0.3, 0.4) is 0 Å². The Morgan fingerprint density at radius 1 is 1.37 bits per heavy atom. The number of rotatable bonds is 5. The zero-order chi connectivity index (χ0) is 14.0. The minimum absolute atomic E-state index is 0.0138.